The summed E-state index contributed by atoms with van der Waals surface area (Å²) >= 11 is 0. The number of fused-ring (bicyclic) bond motifs is 1. The molecule has 0 aliphatic carbocycles. The second-order valence-corrected chi connectivity index (χ2v) is 7.95. The maximum absolute atomic E-state index is 12.9. The van der Waals surface area contributed by atoms with Crippen molar-refractivity contribution in [2.24, 2.45) is 5.41 Å². The van der Waals surface area contributed by atoms with Crippen molar-refractivity contribution in [1.82, 2.24) is 19.8 Å². The van der Waals surface area contributed by atoms with E-state index in [1.165, 1.54) is 11.1 Å². The number of carbonyl (C=O) groups is 1. The van der Waals surface area contributed by atoms with E-state index >= 15 is 0 Å². The number of hydrogen-bond donors (Lipinski definition) is 2. The van der Waals surface area contributed by atoms with E-state index in [1.807, 2.05) is 4.90 Å². The lowest BCUT2D eigenvalue weighted by Crippen LogP contribution is -2.50. The molecule has 2 aromatic rings. The number of benzene rings is 1. The number of aryl methyl sites for hydroxylation is 2. The van der Waals surface area contributed by atoms with Crippen molar-refractivity contribution in [3.8, 4) is 0 Å². The molecular formula is C20H28N4O2. The van der Waals surface area contributed by atoms with E-state index in [0.29, 0.717) is 6.54 Å². The highest BCUT2D eigenvalue weighted by molar-refractivity contribution is 5.84. The summed E-state index contributed by atoms with van der Waals surface area (Å²) in [6, 6.07) is 4.22. The van der Waals surface area contributed by atoms with Gasteiger partial charge in [-0.05, 0) is 56.8 Å². The summed E-state index contributed by atoms with van der Waals surface area (Å²) in [6.07, 6.45) is 2.90. The van der Waals surface area contributed by atoms with Crippen LogP contribution in [0.1, 0.15) is 36.2 Å². The fraction of sp³-hybridized carbons (Fsp3) is 0.600. The molecule has 6 heteroatoms. The number of aromatic amines is 1. The summed E-state index contributed by atoms with van der Waals surface area (Å²) < 4.78 is 0. The van der Waals surface area contributed by atoms with Gasteiger partial charge in [-0.3, -0.25) is 9.69 Å². The van der Waals surface area contributed by atoms with Crippen LogP contribution >= 0.6 is 0 Å². The van der Waals surface area contributed by atoms with Crippen molar-refractivity contribution in [2.45, 2.75) is 39.7 Å². The number of likely N-dealkylation sites (tertiary alicyclic amines) is 2. The van der Waals surface area contributed by atoms with Crippen LogP contribution in [-0.4, -0.2) is 63.6 Å². The highest BCUT2D eigenvalue weighted by Gasteiger charge is 2.48. The highest BCUT2D eigenvalue weighted by atomic mass is 16.3. The lowest BCUT2D eigenvalue weighted by atomic mass is 9.78. The van der Waals surface area contributed by atoms with Gasteiger partial charge in [-0.25, -0.2) is 4.98 Å². The third-order valence-electron chi connectivity index (χ3n) is 6.23. The number of nitrogens with zero attached hydrogens (tertiary/aromatic N) is 3. The van der Waals surface area contributed by atoms with E-state index in [0.717, 1.165) is 62.3 Å². The van der Waals surface area contributed by atoms with Gasteiger partial charge in [-0.1, -0.05) is 6.07 Å². The normalized spacial score (nSPS) is 24.3. The van der Waals surface area contributed by atoms with E-state index in [2.05, 4.69) is 35.9 Å². The molecule has 1 aromatic carbocycles. The van der Waals surface area contributed by atoms with Crippen LogP contribution in [0.25, 0.3) is 11.0 Å². The van der Waals surface area contributed by atoms with Crippen LogP contribution in [0.4, 0.5) is 0 Å². The molecule has 0 bridgehead atoms. The lowest BCUT2D eigenvalue weighted by molar-refractivity contribution is -0.146. The number of hydrogen-bond acceptors (Lipinski definition) is 4. The minimum Gasteiger partial charge on any atom is -0.395 e. The van der Waals surface area contributed by atoms with Crippen LogP contribution < -0.4 is 0 Å². The number of aromatic nitrogens is 2. The molecule has 1 unspecified atom stereocenters. The van der Waals surface area contributed by atoms with Crippen LogP contribution in [0.2, 0.25) is 0 Å². The Balaban J connectivity index is 1.49. The summed E-state index contributed by atoms with van der Waals surface area (Å²) in [6.45, 7) is 7.98. The van der Waals surface area contributed by atoms with E-state index < -0.39 is 0 Å². The standard InChI is InChI=1S/C20H28N4O2/c1-14-4-5-16-18(15(14)2)22-17(21-16)12-23-9-7-20(13-23)6-3-8-24(10-11-25)19(20)26/h4-5,25H,3,6-13H2,1-2H3,(H,21,22). The molecule has 1 amide bonds. The molecule has 6 nitrogen and oxygen atoms in total. The number of piperidine rings is 1. The van der Waals surface area contributed by atoms with Crippen molar-refractivity contribution in [3.63, 3.8) is 0 Å². The van der Waals surface area contributed by atoms with Gasteiger partial charge in [0.1, 0.15) is 5.82 Å². The first-order chi connectivity index (χ1) is 12.5. The predicted molar refractivity (Wildman–Crippen MR) is 101 cm³/mol. The van der Waals surface area contributed by atoms with Crippen molar-refractivity contribution in [3.05, 3.63) is 29.1 Å². The van der Waals surface area contributed by atoms with Gasteiger partial charge < -0.3 is 15.0 Å². The molecule has 26 heavy (non-hydrogen) atoms. The fourth-order valence-corrected chi connectivity index (χ4v) is 4.61. The molecule has 1 atom stereocenters. The Kier molecular flexibility index (Phi) is 4.49. The van der Waals surface area contributed by atoms with E-state index in [4.69, 9.17) is 4.98 Å². The topological polar surface area (TPSA) is 72.5 Å². The quantitative estimate of drug-likeness (QED) is 0.879. The summed E-state index contributed by atoms with van der Waals surface area (Å²) in [5, 5.41) is 9.21. The van der Waals surface area contributed by atoms with Crippen LogP contribution in [0, 0.1) is 19.3 Å². The average molecular weight is 356 g/mol. The first kappa shape index (κ1) is 17.5. The van der Waals surface area contributed by atoms with Crippen molar-refractivity contribution in [1.29, 1.82) is 0 Å². The van der Waals surface area contributed by atoms with Crippen LogP contribution in [0.5, 0.6) is 0 Å². The number of β-amino-alcohol motifs (C(OH)–C–C–N with tert-alkyl or cyclic N) is 1. The fourth-order valence-electron chi connectivity index (χ4n) is 4.61. The van der Waals surface area contributed by atoms with E-state index in [9.17, 15) is 9.90 Å². The molecular weight excluding hydrogens is 328 g/mol. The summed E-state index contributed by atoms with van der Waals surface area (Å²) in [4.78, 5) is 25.4. The Bertz CT molecular complexity index is 829. The van der Waals surface area contributed by atoms with Gasteiger partial charge in [0.2, 0.25) is 5.91 Å². The Morgan fingerprint density at radius 1 is 1.27 bits per heavy atom. The van der Waals surface area contributed by atoms with Crippen LogP contribution in [0.3, 0.4) is 0 Å². The molecule has 2 aliphatic heterocycles. The average Bonchev–Trinajstić information content (AvgIpc) is 3.21. The van der Waals surface area contributed by atoms with Crippen molar-refractivity contribution >= 4 is 16.9 Å². The van der Waals surface area contributed by atoms with Gasteiger partial charge in [0.25, 0.3) is 0 Å². The van der Waals surface area contributed by atoms with Crippen LogP contribution in [0.15, 0.2) is 12.1 Å². The molecule has 2 N–H and O–H groups in total. The second-order valence-electron chi connectivity index (χ2n) is 7.95. The maximum atomic E-state index is 12.9. The largest absolute Gasteiger partial charge is 0.395 e. The molecule has 2 fully saturated rings. The van der Waals surface area contributed by atoms with E-state index in [1.54, 1.807) is 0 Å². The van der Waals surface area contributed by atoms with Gasteiger partial charge in [0.15, 0.2) is 0 Å². The molecule has 1 spiro atoms. The molecule has 2 saturated heterocycles. The number of amides is 1. The van der Waals surface area contributed by atoms with Crippen molar-refractivity contribution < 1.29 is 9.90 Å². The third-order valence-corrected chi connectivity index (χ3v) is 6.23. The van der Waals surface area contributed by atoms with Gasteiger partial charge in [-0.15, -0.1) is 0 Å². The first-order valence-corrected chi connectivity index (χ1v) is 9.60. The minimum atomic E-state index is -0.258. The minimum absolute atomic E-state index is 0.0449. The maximum Gasteiger partial charge on any atom is 0.230 e. The zero-order chi connectivity index (χ0) is 18.3. The number of carbonyl (C=O) groups excluding carboxylic acids is 1. The molecule has 140 valence electrons. The first-order valence-electron chi connectivity index (χ1n) is 9.60. The predicted octanol–water partition coefficient (Wildman–Crippen LogP) is 1.99. The molecule has 0 saturated carbocycles. The smallest absolute Gasteiger partial charge is 0.230 e. The zero-order valence-corrected chi connectivity index (χ0v) is 15.7. The number of nitrogens with one attached hydrogen (secondary N) is 1. The van der Waals surface area contributed by atoms with E-state index in [-0.39, 0.29) is 17.9 Å². The van der Waals surface area contributed by atoms with Crippen LogP contribution in [-0.2, 0) is 11.3 Å². The summed E-state index contributed by atoms with van der Waals surface area (Å²) in [7, 11) is 0. The molecule has 1 aromatic heterocycles. The monoisotopic (exact) mass is 356 g/mol. The number of rotatable bonds is 4. The molecule has 3 heterocycles. The van der Waals surface area contributed by atoms with Gasteiger partial charge >= 0.3 is 0 Å². The van der Waals surface area contributed by atoms with Gasteiger partial charge in [-0.2, -0.15) is 0 Å². The Morgan fingerprint density at radius 2 is 2.12 bits per heavy atom. The SMILES string of the molecule is Cc1ccc2[nH]c(CN3CCC4(CCCN(CCO)C4=O)C3)nc2c1C. The zero-order valence-electron chi connectivity index (χ0n) is 15.7. The molecule has 0 radical (unpaired) electrons. The van der Waals surface area contributed by atoms with Gasteiger partial charge in [0, 0.05) is 19.6 Å². The number of H-pyrrole nitrogens is 1. The Morgan fingerprint density at radius 3 is 2.92 bits per heavy atom. The lowest BCUT2D eigenvalue weighted by Gasteiger charge is -2.39. The summed E-state index contributed by atoms with van der Waals surface area (Å²) in [5.41, 5.74) is 4.36. The molecule has 4 rings (SSSR count). The van der Waals surface area contributed by atoms with Gasteiger partial charge in [0.05, 0.1) is 29.6 Å². The number of imidazole rings is 1. The highest BCUT2D eigenvalue weighted by Crippen LogP contribution is 2.40. The number of aliphatic hydroxyl groups excluding tert-OH is 1. The van der Waals surface area contributed by atoms with Crippen molar-refractivity contribution in [2.75, 3.05) is 32.8 Å². The Labute approximate surface area is 154 Å². The summed E-state index contributed by atoms with van der Waals surface area (Å²) in [5.74, 6) is 1.21. The number of aliphatic hydroxyl groups is 1. The Hall–Kier alpha value is -1.92. The molecule has 2 aliphatic rings. The second kappa shape index (κ2) is 6.67. The third kappa shape index (κ3) is 2.91.